The quantitative estimate of drug-likeness (QED) is 0.769. The predicted octanol–water partition coefficient (Wildman–Crippen LogP) is 2.33. The Hall–Kier alpha value is -2.71. The van der Waals surface area contributed by atoms with Crippen LogP contribution in [0.1, 0.15) is 46.4 Å². The third kappa shape index (κ3) is 4.76. The van der Waals surface area contributed by atoms with Crippen molar-refractivity contribution in [3.63, 3.8) is 0 Å². The van der Waals surface area contributed by atoms with Gasteiger partial charge in [0.15, 0.2) is 0 Å². The molecule has 8 heteroatoms. The van der Waals surface area contributed by atoms with Crippen LogP contribution in [0.5, 0.6) is 0 Å². The van der Waals surface area contributed by atoms with E-state index in [1.54, 1.807) is 30.3 Å². The van der Waals surface area contributed by atoms with Gasteiger partial charge in [-0.15, -0.1) is 0 Å². The summed E-state index contributed by atoms with van der Waals surface area (Å²) in [4.78, 5) is 24.5. The van der Waals surface area contributed by atoms with E-state index in [1.807, 2.05) is 0 Å². The number of nitrogens with zero attached hydrogens (tertiary/aromatic N) is 1. The van der Waals surface area contributed by atoms with E-state index in [4.69, 9.17) is 0 Å². The largest absolute Gasteiger partial charge is 0.269 e. The summed E-state index contributed by atoms with van der Waals surface area (Å²) in [5.41, 5.74) is 5.21. The summed E-state index contributed by atoms with van der Waals surface area (Å²) in [6, 6.07) is 14.3. The number of rotatable bonds is 4. The molecule has 2 amide bonds. The van der Waals surface area contributed by atoms with Gasteiger partial charge in [-0.25, -0.2) is 8.42 Å². The van der Waals surface area contributed by atoms with Gasteiger partial charge in [0.1, 0.15) is 0 Å². The standard InChI is InChI=1S/C20H23N3O4S/c24-19(16-9-4-3-5-10-16)21-22-20(25)17-11-8-12-18(15-17)28(26,27)23-13-6-1-2-7-14-23/h3-5,8-12,15H,1-2,6-7,13-14H2,(H,21,24)(H,22,25). The number of benzene rings is 2. The average molecular weight is 401 g/mol. The first-order valence-electron chi connectivity index (χ1n) is 9.24. The van der Waals surface area contributed by atoms with E-state index in [2.05, 4.69) is 10.9 Å². The molecule has 0 aromatic heterocycles. The van der Waals surface area contributed by atoms with Crippen LogP contribution in [0.4, 0.5) is 0 Å². The summed E-state index contributed by atoms with van der Waals surface area (Å²) in [7, 11) is -3.65. The van der Waals surface area contributed by atoms with Crippen LogP contribution < -0.4 is 10.9 Å². The van der Waals surface area contributed by atoms with Crippen molar-refractivity contribution in [2.75, 3.05) is 13.1 Å². The van der Waals surface area contributed by atoms with Crippen molar-refractivity contribution in [2.45, 2.75) is 30.6 Å². The van der Waals surface area contributed by atoms with Crippen LogP contribution >= 0.6 is 0 Å². The average Bonchev–Trinajstić information content (AvgIpc) is 3.02. The summed E-state index contributed by atoms with van der Waals surface area (Å²) >= 11 is 0. The van der Waals surface area contributed by atoms with Crippen molar-refractivity contribution in [1.29, 1.82) is 0 Å². The Morgan fingerprint density at radius 3 is 1.96 bits per heavy atom. The second kappa shape index (κ2) is 8.99. The van der Waals surface area contributed by atoms with Crippen molar-refractivity contribution in [1.82, 2.24) is 15.2 Å². The molecule has 7 nitrogen and oxygen atoms in total. The molecule has 1 fully saturated rings. The van der Waals surface area contributed by atoms with Crippen LogP contribution in [0.25, 0.3) is 0 Å². The van der Waals surface area contributed by atoms with E-state index in [9.17, 15) is 18.0 Å². The Morgan fingerprint density at radius 2 is 1.32 bits per heavy atom. The maximum atomic E-state index is 12.9. The Bertz CT molecular complexity index is 937. The normalized spacial score (nSPS) is 15.4. The van der Waals surface area contributed by atoms with Crippen molar-refractivity contribution >= 4 is 21.8 Å². The van der Waals surface area contributed by atoms with Crippen LogP contribution in [0.3, 0.4) is 0 Å². The highest BCUT2D eigenvalue weighted by molar-refractivity contribution is 7.89. The van der Waals surface area contributed by atoms with Gasteiger partial charge in [0.05, 0.1) is 4.90 Å². The van der Waals surface area contributed by atoms with Crippen molar-refractivity contribution < 1.29 is 18.0 Å². The van der Waals surface area contributed by atoms with Gasteiger partial charge in [-0.2, -0.15) is 4.31 Å². The fourth-order valence-corrected chi connectivity index (χ4v) is 4.64. The summed E-state index contributed by atoms with van der Waals surface area (Å²) in [5, 5.41) is 0. The molecule has 0 saturated carbocycles. The maximum Gasteiger partial charge on any atom is 0.269 e. The minimum absolute atomic E-state index is 0.0800. The van der Waals surface area contributed by atoms with E-state index in [0.717, 1.165) is 25.7 Å². The molecule has 148 valence electrons. The Balaban J connectivity index is 1.70. The summed E-state index contributed by atoms with van der Waals surface area (Å²) in [5.74, 6) is -1.04. The molecule has 3 rings (SSSR count). The number of hydrogen-bond donors (Lipinski definition) is 2. The first kappa shape index (κ1) is 20.0. The molecular formula is C20H23N3O4S. The van der Waals surface area contributed by atoms with Crippen molar-refractivity contribution in [3.05, 3.63) is 65.7 Å². The fourth-order valence-electron chi connectivity index (χ4n) is 3.08. The molecule has 2 aromatic carbocycles. The number of sulfonamides is 1. The summed E-state index contributed by atoms with van der Waals surface area (Å²) in [6.45, 7) is 0.984. The molecule has 1 aliphatic heterocycles. The molecule has 2 aromatic rings. The Kier molecular flexibility index (Phi) is 6.43. The fraction of sp³-hybridized carbons (Fsp3) is 0.300. The zero-order valence-electron chi connectivity index (χ0n) is 15.4. The van der Waals surface area contributed by atoms with Gasteiger partial charge >= 0.3 is 0 Å². The number of amides is 2. The highest BCUT2D eigenvalue weighted by Gasteiger charge is 2.25. The molecule has 1 aliphatic rings. The minimum atomic E-state index is -3.65. The molecule has 1 heterocycles. The van der Waals surface area contributed by atoms with E-state index in [1.165, 1.54) is 28.6 Å². The van der Waals surface area contributed by atoms with Crippen molar-refractivity contribution in [3.8, 4) is 0 Å². The number of hydrogen-bond acceptors (Lipinski definition) is 4. The van der Waals surface area contributed by atoms with Crippen LogP contribution in [-0.2, 0) is 10.0 Å². The lowest BCUT2D eigenvalue weighted by atomic mass is 10.2. The molecule has 0 atom stereocenters. The number of nitrogens with one attached hydrogen (secondary N) is 2. The number of hydrazine groups is 1. The molecule has 0 unspecified atom stereocenters. The highest BCUT2D eigenvalue weighted by Crippen LogP contribution is 2.21. The monoisotopic (exact) mass is 401 g/mol. The van der Waals surface area contributed by atoms with Gasteiger partial charge in [-0.1, -0.05) is 37.1 Å². The second-order valence-electron chi connectivity index (χ2n) is 6.62. The third-order valence-electron chi connectivity index (χ3n) is 4.62. The van der Waals surface area contributed by atoms with Crippen molar-refractivity contribution in [2.24, 2.45) is 0 Å². The lowest BCUT2D eigenvalue weighted by Gasteiger charge is -2.20. The predicted molar refractivity (Wildman–Crippen MR) is 105 cm³/mol. The highest BCUT2D eigenvalue weighted by atomic mass is 32.2. The van der Waals surface area contributed by atoms with E-state index >= 15 is 0 Å². The van der Waals surface area contributed by atoms with Crippen LogP contribution in [0, 0.1) is 0 Å². The lowest BCUT2D eigenvalue weighted by Crippen LogP contribution is -2.41. The van der Waals surface area contributed by atoms with Gasteiger partial charge in [0.25, 0.3) is 11.8 Å². The third-order valence-corrected chi connectivity index (χ3v) is 6.52. The molecule has 0 bridgehead atoms. The van der Waals surface area contributed by atoms with E-state index in [-0.39, 0.29) is 10.5 Å². The summed E-state index contributed by atoms with van der Waals surface area (Å²) in [6.07, 6.45) is 3.72. The Labute approximate surface area is 164 Å². The first-order chi connectivity index (χ1) is 13.5. The summed E-state index contributed by atoms with van der Waals surface area (Å²) < 4.78 is 27.3. The van der Waals surface area contributed by atoms with Gasteiger partial charge in [-0.05, 0) is 43.2 Å². The minimum Gasteiger partial charge on any atom is -0.267 e. The van der Waals surface area contributed by atoms with Crippen LogP contribution in [-0.4, -0.2) is 37.6 Å². The van der Waals surface area contributed by atoms with E-state index in [0.29, 0.717) is 18.7 Å². The van der Waals surface area contributed by atoms with E-state index < -0.39 is 21.8 Å². The molecule has 28 heavy (non-hydrogen) atoms. The molecule has 0 spiro atoms. The molecule has 1 saturated heterocycles. The van der Waals surface area contributed by atoms with Gasteiger partial charge < -0.3 is 0 Å². The Morgan fingerprint density at radius 1 is 0.750 bits per heavy atom. The van der Waals surface area contributed by atoms with Gasteiger partial charge in [0, 0.05) is 24.2 Å². The molecular weight excluding hydrogens is 378 g/mol. The SMILES string of the molecule is O=C(NNC(=O)c1cccc(S(=O)(=O)N2CCCCCC2)c1)c1ccccc1. The zero-order valence-corrected chi connectivity index (χ0v) is 16.2. The maximum absolute atomic E-state index is 12.9. The molecule has 2 N–H and O–H groups in total. The smallest absolute Gasteiger partial charge is 0.267 e. The van der Waals surface area contributed by atoms with Crippen LogP contribution in [0.15, 0.2) is 59.5 Å². The lowest BCUT2D eigenvalue weighted by molar-refractivity contribution is 0.0846. The molecule has 0 radical (unpaired) electrons. The zero-order chi connectivity index (χ0) is 20.0. The number of carbonyl (C=O) groups is 2. The number of carbonyl (C=O) groups excluding carboxylic acids is 2. The van der Waals surface area contributed by atoms with Crippen LogP contribution in [0.2, 0.25) is 0 Å². The first-order valence-corrected chi connectivity index (χ1v) is 10.7. The second-order valence-corrected chi connectivity index (χ2v) is 8.56. The topological polar surface area (TPSA) is 95.6 Å². The van der Waals surface area contributed by atoms with Gasteiger partial charge in [-0.3, -0.25) is 20.4 Å². The molecule has 0 aliphatic carbocycles. The van der Waals surface area contributed by atoms with Gasteiger partial charge in [0.2, 0.25) is 10.0 Å².